The topological polar surface area (TPSA) is 30.5 Å². The van der Waals surface area contributed by atoms with Crippen LogP contribution >= 0.6 is 0 Å². The van der Waals surface area contributed by atoms with E-state index in [-0.39, 0.29) is 12.1 Å². The molecule has 3 heteroatoms. The maximum Gasteiger partial charge on any atom is 0.124 e. The van der Waals surface area contributed by atoms with Crippen LogP contribution < -0.4 is 10.1 Å². The number of hydrogen-bond donors (Lipinski definition) is 1. The fourth-order valence-corrected chi connectivity index (χ4v) is 4.02. The predicted octanol–water partition coefficient (Wildman–Crippen LogP) is 4.64. The number of hydrogen-bond acceptors (Lipinski definition) is 3. The average molecular weight is 309 g/mol. The van der Waals surface area contributed by atoms with Crippen molar-refractivity contribution >= 4 is 5.69 Å². The van der Waals surface area contributed by atoms with E-state index >= 15 is 0 Å². The molecule has 2 aromatic rings. The van der Waals surface area contributed by atoms with Crippen molar-refractivity contribution in [1.29, 1.82) is 0 Å². The summed E-state index contributed by atoms with van der Waals surface area (Å²) in [5, 5.41) is 3.75. The first-order valence-corrected chi connectivity index (χ1v) is 8.39. The van der Waals surface area contributed by atoms with Crippen LogP contribution in [0.3, 0.4) is 0 Å². The lowest BCUT2D eigenvalue weighted by Crippen LogP contribution is -2.36. The SMILES string of the molecule is COc1ccccc1C1Nc2ccc(C)cc2C2OCCCC12. The number of para-hydroxylation sites is 1. The van der Waals surface area contributed by atoms with E-state index in [1.807, 2.05) is 12.1 Å². The minimum Gasteiger partial charge on any atom is -0.496 e. The number of methoxy groups -OCH3 is 1. The molecule has 2 aliphatic rings. The summed E-state index contributed by atoms with van der Waals surface area (Å²) in [5.41, 5.74) is 5.01. The fourth-order valence-electron chi connectivity index (χ4n) is 4.02. The van der Waals surface area contributed by atoms with Crippen LogP contribution in [0.1, 0.15) is 41.7 Å². The zero-order chi connectivity index (χ0) is 15.8. The van der Waals surface area contributed by atoms with E-state index in [1.54, 1.807) is 7.11 Å². The number of aryl methyl sites for hydroxylation is 1. The van der Waals surface area contributed by atoms with Crippen LogP contribution in [0.25, 0.3) is 0 Å². The standard InChI is InChI=1S/C20H23NO2/c1-13-9-10-17-16(12-13)20-15(7-5-11-23-20)19(21-17)14-6-3-4-8-18(14)22-2/h3-4,6,8-10,12,15,19-21H,5,7,11H2,1-2H3. The Kier molecular flexibility index (Phi) is 3.74. The van der Waals surface area contributed by atoms with Crippen LogP contribution in [-0.2, 0) is 4.74 Å². The Morgan fingerprint density at radius 3 is 2.87 bits per heavy atom. The number of fused-ring (bicyclic) bond motifs is 3. The van der Waals surface area contributed by atoms with Gasteiger partial charge >= 0.3 is 0 Å². The van der Waals surface area contributed by atoms with Gasteiger partial charge < -0.3 is 14.8 Å². The van der Waals surface area contributed by atoms with Crippen molar-refractivity contribution in [2.45, 2.75) is 31.9 Å². The van der Waals surface area contributed by atoms with E-state index in [9.17, 15) is 0 Å². The third-order valence-corrected chi connectivity index (χ3v) is 5.09. The highest BCUT2D eigenvalue weighted by atomic mass is 16.5. The van der Waals surface area contributed by atoms with Gasteiger partial charge in [-0.3, -0.25) is 0 Å². The van der Waals surface area contributed by atoms with Crippen LogP contribution in [0.5, 0.6) is 5.75 Å². The number of ether oxygens (including phenoxy) is 2. The molecule has 0 radical (unpaired) electrons. The zero-order valence-electron chi connectivity index (χ0n) is 13.7. The molecule has 2 aromatic carbocycles. The molecule has 0 saturated carbocycles. The van der Waals surface area contributed by atoms with Crippen molar-refractivity contribution in [3.05, 3.63) is 59.2 Å². The Balaban J connectivity index is 1.80. The average Bonchev–Trinajstić information content (AvgIpc) is 2.61. The highest BCUT2D eigenvalue weighted by molar-refractivity contribution is 5.59. The van der Waals surface area contributed by atoms with Gasteiger partial charge in [0.15, 0.2) is 0 Å². The first kappa shape index (κ1) is 14.6. The van der Waals surface area contributed by atoms with E-state index in [4.69, 9.17) is 9.47 Å². The molecule has 0 aliphatic carbocycles. The van der Waals surface area contributed by atoms with Crippen LogP contribution in [-0.4, -0.2) is 13.7 Å². The Hall–Kier alpha value is -2.00. The first-order chi connectivity index (χ1) is 11.3. The summed E-state index contributed by atoms with van der Waals surface area (Å²) in [4.78, 5) is 0. The molecular weight excluding hydrogens is 286 g/mol. The third-order valence-electron chi connectivity index (χ3n) is 5.09. The second-order valence-electron chi connectivity index (χ2n) is 6.55. The lowest BCUT2D eigenvalue weighted by molar-refractivity contribution is -0.0383. The molecule has 3 unspecified atom stereocenters. The smallest absolute Gasteiger partial charge is 0.124 e. The Morgan fingerprint density at radius 2 is 2.00 bits per heavy atom. The molecule has 3 atom stereocenters. The molecule has 4 rings (SSSR count). The van der Waals surface area contributed by atoms with Crippen molar-refractivity contribution in [3.8, 4) is 5.75 Å². The molecule has 23 heavy (non-hydrogen) atoms. The fraction of sp³-hybridized carbons (Fsp3) is 0.400. The second kappa shape index (κ2) is 5.89. The summed E-state index contributed by atoms with van der Waals surface area (Å²) in [7, 11) is 1.74. The maximum atomic E-state index is 6.21. The molecule has 3 nitrogen and oxygen atoms in total. The molecule has 0 aromatic heterocycles. The molecule has 2 aliphatic heterocycles. The summed E-state index contributed by atoms with van der Waals surface area (Å²) in [6.45, 7) is 3.00. The van der Waals surface area contributed by atoms with Gasteiger partial charge in [0.25, 0.3) is 0 Å². The lowest BCUT2D eigenvalue weighted by atomic mass is 9.77. The van der Waals surface area contributed by atoms with Crippen LogP contribution in [0.2, 0.25) is 0 Å². The summed E-state index contributed by atoms with van der Waals surface area (Å²) in [6.07, 6.45) is 2.47. The van der Waals surface area contributed by atoms with Crippen molar-refractivity contribution < 1.29 is 9.47 Å². The second-order valence-corrected chi connectivity index (χ2v) is 6.55. The van der Waals surface area contributed by atoms with Crippen molar-refractivity contribution in [1.82, 2.24) is 0 Å². The van der Waals surface area contributed by atoms with Crippen molar-refractivity contribution in [2.24, 2.45) is 5.92 Å². The first-order valence-electron chi connectivity index (χ1n) is 8.39. The predicted molar refractivity (Wildman–Crippen MR) is 92.0 cm³/mol. The summed E-state index contributed by atoms with van der Waals surface area (Å²) < 4.78 is 11.8. The van der Waals surface area contributed by atoms with E-state index in [1.165, 1.54) is 28.8 Å². The van der Waals surface area contributed by atoms with Crippen LogP contribution in [0, 0.1) is 12.8 Å². The molecule has 0 bridgehead atoms. The molecule has 120 valence electrons. The molecule has 1 N–H and O–H groups in total. The minimum absolute atomic E-state index is 0.176. The van der Waals surface area contributed by atoms with E-state index < -0.39 is 0 Å². The van der Waals surface area contributed by atoms with Crippen LogP contribution in [0.4, 0.5) is 5.69 Å². The molecule has 0 spiro atoms. The summed E-state index contributed by atoms with van der Waals surface area (Å²) >= 11 is 0. The molecule has 1 saturated heterocycles. The number of benzene rings is 2. The Labute approximate surface area is 137 Å². The zero-order valence-corrected chi connectivity index (χ0v) is 13.7. The van der Waals surface area contributed by atoms with Crippen LogP contribution in [0.15, 0.2) is 42.5 Å². The van der Waals surface area contributed by atoms with Gasteiger partial charge in [0.05, 0.1) is 19.3 Å². The van der Waals surface area contributed by atoms with Gasteiger partial charge in [0, 0.05) is 29.3 Å². The van der Waals surface area contributed by atoms with Gasteiger partial charge in [-0.05, 0) is 31.9 Å². The van der Waals surface area contributed by atoms with Gasteiger partial charge in [-0.25, -0.2) is 0 Å². The molecule has 0 amide bonds. The van der Waals surface area contributed by atoms with Crippen molar-refractivity contribution in [2.75, 3.05) is 19.0 Å². The molecular formula is C20H23NO2. The van der Waals surface area contributed by atoms with Gasteiger partial charge in [-0.2, -0.15) is 0 Å². The Morgan fingerprint density at radius 1 is 1.13 bits per heavy atom. The maximum absolute atomic E-state index is 6.21. The number of anilines is 1. The monoisotopic (exact) mass is 309 g/mol. The summed E-state index contributed by atoms with van der Waals surface area (Å²) in [5.74, 6) is 1.39. The number of nitrogens with one attached hydrogen (secondary N) is 1. The normalized spacial score (nSPS) is 25.9. The quantitative estimate of drug-likeness (QED) is 0.876. The number of rotatable bonds is 2. The Bertz CT molecular complexity index is 713. The van der Waals surface area contributed by atoms with Crippen molar-refractivity contribution in [3.63, 3.8) is 0 Å². The lowest BCUT2D eigenvalue weighted by Gasteiger charge is -2.43. The minimum atomic E-state index is 0.176. The van der Waals surface area contributed by atoms with Gasteiger partial charge in [0.1, 0.15) is 5.75 Å². The van der Waals surface area contributed by atoms with Gasteiger partial charge in [-0.15, -0.1) is 0 Å². The highest BCUT2D eigenvalue weighted by Crippen LogP contribution is 2.50. The van der Waals surface area contributed by atoms with Gasteiger partial charge in [0.2, 0.25) is 0 Å². The van der Waals surface area contributed by atoms with Gasteiger partial charge in [-0.1, -0.05) is 35.9 Å². The molecule has 2 heterocycles. The molecule has 1 fully saturated rings. The summed E-state index contributed by atoms with van der Waals surface area (Å²) in [6, 6.07) is 15.2. The third kappa shape index (κ3) is 2.49. The van der Waals surface area contributed by atoms with E-state index in [2.05, 4.69) is 42.6 Å². The van der Waals surface area contributed by atoms with E-state index in [0.717, 1.165) is 18.8 Å². The highest BCUT2D eigenvalue weighted by Gasteiger charge is 2.40. The largest absolute Gasteiger partial charge is 0.496 e. The van der Waals surface area contributed by atoms with E-state index in [0.29, 0.717) is 5.92 Å².